The molecular formula is C11H7F5N2O. The molecule has 0 aliphatic carbocycles. The summed E-state index contributed by atoms with van der Waals surface area (Å²) >= 11 is 0. The highest BCUT2D eigenvalue weighted by Gasteiger charge is 2.26. The second kappa shape index (κ2) is 5.25. The molecule has 1 N–H and O–H groups in total. The van der Waals surface area contributed by atoms with Crippen molar-refractivity contribution >= 4 is 0 Å². The van der Waals surface area contributed by atoms with Crippen molar-refractivity contribution in [2.75, 3.05) is 6.61 Å². The van der Waals surface area contributed by atoms with Crippen molar-refractivity contribution in [1.82, 2.24) is 9.97 Å². The van der Waals surface area contributed by atoms with Gasteiger partial charge in [0.1, 0.15) is 5.82 Å². The molecule has 0 atom stereocenters. The molecule has 0 aliphatic rings. The Morgan fingerprint density at radius 2 is 1.53 bits per heavy atom. The van der Waals surface area contributed by atoms with Gasteiger partial charge in [0, 0.05) is 18.8 Å². The van der Waals surface area contributed by atoms with E-state index in [1.807, 2.05) is 0 Å². The van der Waals surface area contributed by atoms with E-state index in [1.54, 1.807) is 0 Å². The maximum Gasteiger partial charge on any atom is 0.206 e. The summed E-state index contributed by atoms with van der Waals surface area (Å²) in [5.41, 5.74) is 0. The molecule has 0 saturated heterocycles. The fourth-order valence-corrected chi connectivity index (χ4v) is 1.40. The second-order valence-corrected chi connectivity index (χ2v) is 3.53. The fourth-order valence-electron chi connectivity index (χ4n) is 1.40. The molecule has 0 radical (unpaired) electrons. The molecule has 102 valence electrons. The van der Waals surface area contributed by atoms with E-state index in [2.05, 4.69) is 14.7 Å². The van der Waals surface area contributed by atoms with Crippen LogP contribution >= 0.6 is 0 Å². The van der Waals surface area contributed by atoms with Gasteiger partial charge in [0.05, 0.1) is 6.61 Å². The number of hydrogen-bond donors (Lipinski definition) is 1. The van der Waals surface area contributed by atoms with E-state index < -0.39 is 34.8 Å². The Morgan fingerprint density at radius 1 is 0.947 bits per heavy atom. The summed E-state index contributed by atoms with van der Waals surface area (Å²) in [6, 6.07) is 0. The van der Waals surface area contributed by atoms with Gasteiger partial charge in [-0.3, -0.25) is 0 Å². The van der Waals surface area contributed by atoms with Crippen LogP contribution in [-0.2, 0) is 6.42 Å². The number of benzene rings is 1. The first-order valence-corrected chi connectivity index (χ1v) is 5.15. The van der Waals surface area contributed by atoms with Crippen LogP contribution in [0.2, 0.25) is 0 Å². The minimum absolute atomic E-state index is 0.131. The van der Waals surface area contributed by atoms with Gasteiger partial charge < -0.3 is 9.72 Å². The first-order chi connectivity index (χ1) is 9.02. The van der Waals surface area contributed by atoms with Crippen LogP contribution in [0.15, 0.2) is 12.4 Å². The molecule has 0 bridgehead atoms. The second-order valence-electron chi connectivity index (χ2n) is 3.53. The summed E-state index contributed by atoms with van der Waals surface area (Å²) in [5.74, 6) is -11.1. The number of nitrogens with zero attached hydrogens (tertiary/aromatic N) is 1. The highest BCUT2D eigenvalue weighted by molar-refractivity contribution is 5.29. The lowest BCUT2D eigenvalue weighted by Crippen LogP contribution is -2.09. The number of rotatable bonds is 4. The number of aromatic amines is 1. The molecule has 0 unspecified atom stereocenters. The van der Waals surface area contributed by atoms with E-state index in [9.17, 15) is 22.0 Å². The third-order valence-corrected chi connectivity index (χ3v) is 2.31. The minimum atomic E-state index is -2.21. The Kier molecular flexibility index (Phi) is 3.68. The average Bonchev–Trinajstić information content (AvgIpc) is 2.91. The number of nitrogens with one attached hydrogen (secondary N) is 1. The molecule has 2 rings (SSSR count). The summed E-state index contributed by atoms with van der Waals surface area (Å²) < 4.78 is 69.4. The quantitative estimate of drug-likeness (QED) is 0.530. The monoisotopic (exact) mass is 278 g/mol. The maximum atomic E-state index is 13.2. The van der Waals surface area contributed by atoms with Crippen LogP contribution in [0.4, 0.5) is 22.0 Å². The average molecular weight is 278 g/mol. The van der Waals surface area contributed by atoms with Crippen molar-refractivity contribution in [3.05, 3.63) is 47.3 Å². The SMILES string of the molecule is Fc1c(F)c(F)c(OCCc2ncc[nH]2)c(F)c1F. The van der Waals surface area contributed by atoms with Gasteiger partial charge in [-0.05, 0) is 0 Å². The van der Waals surface area contributed by atoms with Gasteiger partial charge in [0.2, 0.25) is 29.1 Å². The molecule has 0 aliphatic heterocycles. The molecule has 0 amide bonds. The van der Waals surface area contributed by atoms with Gasteiger partial charge in [0.15, 0.2) is 5.75 Å². The van der Waals surface area contributed by atoms with Crippen LogP contribution in [0.1, 0.15) is 5.82 Å². The van der Waals surface area contributed by atoms with E-state index in [0.717, 1.165) is 0 Å². The zero-order valence-electron chi connectivity index (χ0n) is 9.31. The number of aromatic nitrogens is 2. The highest BCUT2D eigenvalue weighted by Crippen LogP contribution is 2.29. The summed E-state index contributed by atoms with van der Waals surface area (Å²) in [4.78, 5) is 6.51. The number of halogens is 5. The molecule has 2 aromatic rings. The van der Waals surface area contributed by atoms with Crippen molar-refractivity contribution in [1.29, 1.82) is 0 Å². The summed E-state index contributed by atoms with van der Waals surface area (Å²) in [5, 5.41) is 0. The highest BCUT2D eigenvalue weighted by atomic mass is 19.2. The van der Waals surface area contributed by atoms with Crippen LogP contribution in [-0.4, -0.2) is 16.6 Å². The molecular weight excluding hydrogens is 271 g/mol. The standard InChI is InChI=1S/C11H7F5N2O/c12-6-7(13)9(15)11(10(16)8(6)14)19-4-1-5-17-2-3-18-5/h2-3H,1,4H2,(H,17,18). The molecule has 0 spiro atoms. The van der Waals surface area contributed by atoms with Crippen LogP contribution in [0.25, 0.3) is 0 Å². The third kappa shape index (κ3) is 2.51. The zero-order valence-corrected chi connectivity index (χ0v) is 9.31. The van der Waals surface area contributed by atoms with Gasteiger partial charge in [-0.15, -0.1) is 0 Å². The summed E-state index contributed by atoms with van der Waals surface area (Å²) in [7, 11) is 0. The lowest BCUT2D eigenvalue weighted by atomic mass is 10.2. The number of hydrogen-bond acceptors (Lipinski definition) is 2. The van der Waals surface area contributed by atoms with Gasteiger partial charge in [-0.2, -0.15) is 8.78 Å². The first-order valence-electron chi connectivity index (χ1n) is 5.15. The summed E-state index contributed by atoms with van der Waals surface area (Å²) in [6.07, 6.45) is 3.11. The summed E-state index contributed by atoms with van der Waals surface area (Å²) in [6.45, 7) is -0.286. The largest absolute Gasteiger partial charge is 0.487 e. The topological polar surface area (TPSA) is 37.9 Å². The molecule has 1 heterocycles. The Balaban J connectivity index is 2.16. The molecule has 3 nitrogen and oxygen atoms in total. The molecule has 8 heteroatoms. The third-order valence-electron chi connectivity index (χ3n) is 2.31. The Labute approximate surface area is 104 Å². The number of H-pyrrole nitrogens is 1. The minimum Gasteiger partial charge on any atom is -0.487 e. The van der Waals surface area contributed by atoms with Crippen molar-refractivity contribution in [2.45, 2.75) is 6.42 Å². The zero-order chi connectivity index (χ0) is 14.0. The predicted molar refractivity (Wildman–Crippen MR) is 54.0 cm³/mol. The Hall–Kier alpha value is -2.12. The molecule has 0 fully saturated rings. The van der Waals surface area contributed by atoms with Crippen LogP contribution in [0.3, 0.4) is 0 Å². The first kappa shape index (κ1) is 13.3. The van der Waals surface area contributed by atoms with E-state index in [0.29, 0.717) is 5.82 Å². The van der Waals surface area contributed by atoms with Crippen molar-refractivity contribution in [2.24, 2.45) is 0 Å². The smallest absolute Gasteiger partial charge is 0.206 e. The van der Waals surface area contributed by atoms with Crippen LogP contribution < -0.4 is 4.74 Å². The van der Waals surface area contributed by atoms with E-state index in [4.69, 9.17) is 0 Å². The van der Waals surface area contributed by atoms with Gasteiger partial charge in [0.25, 0.3) is 0 Å². The predicted octanol–water partition coefficient (Wildman–Crippen LogP) is 2.73. The Bertz CT molecular complexity index is 556. The number of imidazole rings is 1. The van der Waals surface area contributed by atoms with Gasteiger partial charge >= 0.3 is 0 Å². The fraction of sp³-hybridized carbons (Fsp3) is 0.182. The van der Waals surface area contributed by atoms with Gasteiger partial charge in [-0.25, -0.2) is 18.2 Å². The van der Waals surface area contributed by atoms with E-state index >= 15 is 0 Å². The normalized spacial score (nSPS) is 10.8. The molecule has 1 aromatic carbocycles. The van der Waals surface area contributed by atoms with Crippen LogP contribution in [0.5, 0.6) is 5.75 Å². The lowest BCUT2D eigenvalue weighted by Gasteiger charge is -2.09. The van der Waals surface area contributed by atoms with Crippen molar-refractivity contribution in [3.63, 3.8) is 0 Å². The van der Waals surface area contributed by atoms with Crippen molar-refractivity contribution < 1.29 is 26.7 Å². The Morgan fingerprint density at radius 3 is 2.05 bits per heavy atom. The van der Waals surface area contributed by atoms with E-state index in [1.165, 1.54) is 12.4 Å². The molecule has 1 aromatic heterocycles. The maximum absolute atomic E-state index is 13.2. The van der Waals surface area contributed by atoms with E-state index in [-0.39, 0.29) is 13.0 Å². The van der Waals surface area contributed by atoms with Crippen molar-refractivity contribution in [3.8, 4) is 5.75 Å². The van der Waals surface area contributed by atoms with Crippen LogP contribution in [0, 0.1) is 29.1 Å². The lowest BCUT2D eigenvalue weighted by molar-refractivity contribution is 0.263. The molecule has 19 heavy (non-hydrogen) atoms. The molecule has 0 saturated carbocycles. The van der Waals surface area contributed by atoms with Gasteiger partial charge in [-0.1, -0.05) is 0 Å². The number of ether oxygens (including phenoxy) is 1.